The summed E-state index contributed by atoms with van der Waals surface area (Å²) >= 11 is 3.47. The van der Waals surface area contributed by atoms with E-state index >= 15 is 0 Å². The summed E-state index contributed by atoms with van der Waals surface area (Å²) in [6.45, 7) is 22.5. The second-order valence-electron chi connectivity index (χ2n) is 38.0. The number of hydrogen-bond donors (Lipinski definition) is 7. The zero-order valence-corrected chi connectivity index (χ0v) is 84.9. The lowest BCUT2D eigenvalue weighted by atomic mass is 9.83. The van der Waals surface area contributed by atoms with Crippen LogP contribution in [0.5, 0.6) is 17.2 Å². The number of nitrogens with one attached hydrogen (secondary N) is 6. The molecule has 0 bridgehead atoms. The standard InChI is InChI=1S/C35H48N6O6S.C23H27N3O2.C17H19F4N3O.C17H21N3O3.C16H20BrN3O/c1-3-47-34(24-41-17-12-32(13-18-41)46-23-30-20-37-26-39-30)14-4-5-28(35(34,42)48(43,44)33-8-6-27(2)7-9-33)21-40-15-10-31(11-16-40)45-22-29-19-36-25-38-29;1-2-4-20(5-3-1)16-27-22-8-6-19(7-9-22)15-26-12-10-23(11-13-26)28-17-21-14-24-18-25-21;18-16-7-13(17(19,20)21)2-1-12(16)9-24-5-3-15(4-6-24)25-10-14-8-22-11-23-14;1-2-16-17(23-12-22-16)7-13(1)9-20-5-3-15(4-6-20)21-10-14-8-18-11-19-14;17-14-3-1-13(2-4-14)10-20-7-5-16(6-8-20)21-11-15-9-18-12-19-15/h4-9,14,19-20,25-26,31-32,42H,3,10-13,15-18,21-24H2,1-2H3,(H,36,38)(H,37,39);1-9,14,18,23H,10-13,15-17H2,(H,24,25);1-2,7-8,11,15H,3-6,9-10H2,(H,22,23);1-2,7-8,11,15H,3-6,9-10,12H2,(H,18,19);1-4,9,12,16H,5-8,10-11H2,(H,18,19). The Bertz CT molecular complexity index is 5910. The van der Waals surface area contributed by atoms with Gasteiger partial charge in [0.2, 0.25) is 21.6 Å². The molecule has 0 saturated carbocycles. The Morgan fingerprint density at radius 3 is 1.21 bits per heavy atom. The lowest BCUT2D eigenvalue weighted by Crippen LogP contribution is -2.67. The monoisotopic (exact) mass is 2080 g/mol. The molecule has 145 heavy (non-hydrogen) atoms. The van der Waals surface area contributed by atoms with E-state index < -0.39 is 37.9 Å². The largest absolute Gasteiger partial charge is 0.489 e. The third-order valence-corrected chi connectivity index (χ3v) is 30.3. The Hall–Kier alpha value is -11.0. The molecule has 776 valence electrons. The Morgan fingerprint density at radius 1 is 0.434 bits per heavy atom. The predicted molar refractivity (Wildman–Crippen MR) is 543 cm³/mol. The van der Waals surface area contributed by atoms with Gasteiger partial charge in [0, 0.05) is 172 Å². The van der Waals surface area contributed by atoms with Gasteiger partial charge in [-0.2, -0.15) is 13.2 Å². The second kappa shape index (κ2) is 53.6. The normalized spacial score (nSPS) is 19.7. The number of rotatable bonds is 37. The number of imidazole rings is 6. The number of benzene rings is 6. The molecule has 37 heteroatoms. The number of H-pyrrole nitrogens is 6. The van der Waals surface area contributed by atoms with E-state index in [-0.39, 0.29) is 48.5 Å². The number of halogens is 5. The SMILES string of the molecule is Brc1ccc(CN2CCC(OCc3c[nH]cn3)CC2)cc1.CCOC1(CN2CCC(OCc3c[nH]cn3)CC2)C=CC=C(CN2CCC(OCc3c[nH]cn3)CC2)C1(O)S(=O)(=O)c1ccc(C)cc1.Fc1cc(C(F)(F)F)ccc1CN1CCC(OCc2c[nH]cn2)CC1.c1ccc(COc2ccc(CN3CCC(OCc4c[nH]cn4)CC3)cc2)cc1.c1nc(COC2CCN(Cc3ccc4c(c3)OCO4)CC2)c[nH]1. The fourth-order valence-electron chi connectivity index (χ4n) is 19.2. The number of alkyl halides is 3. The molecule has 0 amide bonds. The number of aliphatic hydroxyl groups is 1. The molecule has 12 aromatic rings. The van der Waals surface area contributed by atoms with Gasteiger partial charge in [-0.15, -0.1) is 0 Å². The van der Waals surface area contributed by atoms with Crippen molar-refractivity contribution in [2.75, 3.05) is 105 Å². The van der Waals surface area contributed by atoms with Gasteiger partial charge in [0.15, 0.2) is 11.5 Å². The molecule has 7 aliphatic heterocycles. The number of likely N-dealkylation sites (tertiary alicyclic amines) is 6. The van der Waals surface area contributed by atoms with E-state index in [4.69, 9.17) is 47.4 Å². The Labute approximate surface area is 854 Å². The summed E-state index contributed by atoms with van der Waals surface area (Å²) in [4.78, 5) is 54.4. The average Bonchev–Trinajstić information content (AvgIpc) is 0.798. The molecule has 2 atom stereocenters. The number of aryl methyl sites for hydroxylation is 1. The summed E-state index contributed by atoms with van der Waals surface area (Å²) < 4.78 is 141. The van der Waals surface area contributed by atoms with Crippen molar-refractivity contribution < 1.29 is 78.5 Å². The topological polar surface area (TPSA) is 338 Å². The summed E-state index contributed by atoms with van der Waals surface area (Å²) in [6.07, 6.45) is 34.4. The van der Waals surface area contributed by atoms with Crippen molar-refractivity contribution in [3.63, 3.8) is 0 Å². The van der Waals surface area contributed by atoms with E-state index in [0.717, 1.165) is 203 Å². The highest BCUT2D eigenvalue weighted by Crippen LogP contribution is 2.47. The number of fused-ring (bicyclic) bond motifs is 1. The molecule has 31 nitrogen and oxygen atoms in total. The fraction of sp³-hybridized carbons (Fsp3) is 0.463. The zero-order valence-electron chi connectivity index (χ0n) is 82.5. The van der Waals surface area contributed by atoms with E-state index in [1.807, 2.05) is 80.1 Å². The molecule has 13 heterocycles. The van der Waals surface area contributed by atoms with Crippen molar-refractivity contribution in [1.82, 2.24) is 89.2 Å². The molecular weight excluding hydrogens is 1950 g/mol. The van der Waals surface area contributed by atoms with Crippen LogP contribution in [-0.4, -0.2) is 255 Å². The number of piperidine rings is 6. The molecular formula is C108H135BrF4N18O13S. The van der Waals surface area contributed by atoms with Crippen LogP contribution >= 0.6 is 15.9 Å². The van der Waals surface area contributed by atoms with E-state index in [9.17, 15) is 31.1 Å². The van der Waals surface area contributed by atoms with Crippen LogP contribution in [-0.2, 0) is 122 Å². The fourth-order valence-corrected chi connectivity index (χ4v) is 21.4. The number of ether oxygens (including phenoxy) is 10. The van der Waals surface area contributed by atoms with E-state index in [0.29, 0.717) is 129 Å². The van der Waals surface area contributed by atoms with Crippen molar-refractivity contribution in [3.05, 3.63) is 322 Å². The lowest BCUT2D eigenvalue weighted by molar-refractivity contribution is -0.137. The number of nitrogens with zero attached hydrogens (tertiary/aromatic N) is 12. The molecule has 20 rings (SSSR count). The van der Waals surface area contributed by atoms with Gasteiger partial charge < -0.3 is 82.4 Å². The van der Waals surface area contributed by atoms with Gasteiger partial charge in [-0.3, -0.25) is 29.4 Å². The first-order valence-corrected chi connectivity index (χ1v) is 52.6. The second-order valence-corrected chi connectivity index (χ2v) is 40.9. The van der Waals surface area contributed by atoms with Crippen LogP contribution < -0.4 is 14.2 Å². The summed E-state index contributed by atoms with van der Waals surface area (Å²) in [5.41, 5.74) is 9.75. The minimum absolute atomic E-state index is 0.0665. The molecule has 8 aliphatic rings. The van der Waals surface area contributed by atoms with Crippen molar-refractivity contribution in [3.8, 4) is 17.2 Å². The number of aromatic amines is 6. The van der Waals surface area contributed by atoms with Gasteiger partial charge in [0.1, 0.15) is 23.8 Å². The van der Waals surface area contributed by atoms with E-state index in [2.05, 4.69) is 173 Å². The van der Waals surface area contributed by atoms with Crippen molar-refractivity contribution in [2.24, 2.45) is 0 Å². The summed E-state index contributed by atoms with van der Waals surface area (Å²) in [7, 11) is -4.36. The summed E-state index contributed by atoms with van der Waals surface area (Å²) in [5, 5.41) is 13.0. The maximum atomic E-state index is 14.8. The highest BCUT2D eigenvalue weighted by Gasteiger charge is 2.63. The maximum Gasteiger partial charge on any atom is 0.416 e. The molecule has 7 N–H and O–H groups in total. The number of hydrogen-bond acceptors (Lipinski definition) is 25. The van der Waals surface area contributed by atoms with Gasteiger partial charge in [-0.25, -0.2) is 42.7 Å². The van der Waals surface area contributed by atoms with Gasteiger partial charge in [0.05, 0.1) is 159 Å². The Kier molecular flexibility index (Phi) is 39.5. The first kappa shape index (κ1) is 107. The quantitative estimate of drug-likeness (QED) is 0.0178. The molecule has 6 aromatic carbocycles. The van der Waals surface area contributed by atoms with Crippen LogP contribution in [0.4, 0.5) is 17.6 Å². The lowest BCUT2D eigenvalue weighted by Gasteiger charge is -2.50. The smallest absolute Gasteiger partial charge is 0.416 e. The van der Waals surface area contributed by atoms with Crippen LogP contribution in [0.2, 0.25) is 0 Å². The zero-order chi connectivity index (χ0) is 100. The summed E-state index contributed by atoms with van der Waals surface area (Å²) in [5.74, 6) is 1.81. The van der Waals surface area contributed by atoms with E-state index in [1.54, 1.807) is 80.6 Å². The number of allylic oxidation sites excluding steroid dienone is 2. The third-order valence-electron chi connectivity index (χ3n) is 27.5. The Morgan fingerprint density at radius 2 is 0.814 bits per heavy atom. The molecule has 6 aromatic heterocycles. The molecule has 2 unspecified atom stereocenters. The van der Waals surface area contributed by atoms with Crippen LogP contribution in [0.1, 0.15) is 157 Å². The van der Waals surface area contributed by atoms with Gasteiger partial charge in [0.25, 0.3) is 0 Å². The minimum atomic E-state index is -4.52. The van der Waals surface area contributed by atoms with Crippen LogP contribution in [0.15, 0.2) is 248 Å². The molecule has 6 saturated heterocycles. The number of aromatic nitrogens is 12. The molecule has 0 radical (unpaired) electrons. The summed E-state index contributed by atoms with van der Waals surface area (Å²) in [6, 6.07) is 42.9. The van der Waals surface area contributed by atoms with Crippen LogP contribution in [0, 0.1) is 12.7 Å². The highest BCUT2D eigenvalue weighted by molar-refractivity contribution is 9.10. The Balaban J connectivity index is 0.000000135. The first-order valence-electron chi connectivity index (χ1n) is 50.4. The highest BCUT2D eigenvalue weighted by atomic mass is 79.9. The predicted octanol–water partition coefficient (Wildman–Crippen LogP) is 17.1. The van der Waals surface area contributed by atoms with Crippen LogP contribution in [0.3, 0.4) is 0 Å². The molecule has 6 fully saturated rings. The number of sulfone groups is 1. The third kappa shape index (κ3) is 31.8. The van der Waals surface area contributed by atoms with Crippen molar-refractivity contribution in [2.45, 2.75) is 222 Å². The van der Waals surface area contributed by atoms with Gasteiger partial charge >= 0.3 is 6.18 Å². The van der Waals surface area contributed by atoms with Gasteiger partial charge in [-0.1, -0.05) is 113 Å². The maximum absolute atomic E-state index is 14.8. The van der Waals surface area contributed by atoms with Gasteiger partial charge in [-0.05, 0) is 185 Å². The van der Waals surface area contributed by atoms with Crippen LogP contribution in [0.25, 0.3) is 0 Å². The van der Waals surface area contributed by atoms with Crippen molar-refractivity contribution >= 4 is 25.8 Å². The molecule has 0 spiro atoms. The average molecular weight is 2080 g/mol. The van der Waals surface area contributed by atoms with Crippen molar-refractivity contribution in [1.29, 1.82) is 0 Å². The minimum Gasteiger partial charge on any atom is -0.489 e. The molecule has 1 aliphatic carbocycles. The first-order chi connectivity index (χ1) is 70.6. The van der Waals surface area contributed by atoms with E-state index in [1.165, 1.54) is 28.3 Å².